The van der Waals surface area contributed by atoms with Gasteiger partial charge in [0.2, 0.25) is 0 Å². The molecule has 0 saturated heterocycles. The Morgan fingerprint density at radius 3 is 1.81 bits per heavy atom. The van der Waals surface area contributed by atoms with Gasteiger partial charge in [-0.1, -0.05) is 38.8 Å². The molecular weight excluding hydrogens is 213 g/mol. The Bertz CT molecular complexity index is 408. The third kappa shape index (κ3) is 3.98. The molecule has 1 aromatic rings. The highest BCUT2D eigenvalue weighted by Gasteiger charge is 2.22. The minimum absolute atomic E-state index is 0.00398. The number of benzene rings is 1. The molecule has 0 N–H and O–H groups in total. The summed E-state index contributed by atoms with van der Waals surface area (Å²) in [6, 6.07) is 6.83. The number of halogens is 3. The van der Waals surface area contributed by atoms with E-state index in [1.165, 1.54) is 5.92 Å². The summed E-state index contributed by atoms with van der Waals surface area (Å²) < 4.78 is 35.5. The largest absolute Gasteiger partial charge is 0.458 e. The van der Waals surface area contributed by atoms with E-state index in [2.05, 4.69) is 5.92 Å². The van der Waals surface area contributed by atoms with Crippen LogP contribution in [0.15, 0.2) is 24.3 Å². The van der Waals surface area contributed by atoms with Gasteiger partial charge in [-0.2, -0.15) is 13.2 Å². The molecule has 1 aromatic carbocycles. The van der Waals surface area contributed by atoms with Gasteiger partial charge in [0, 0.05) is 11.5 Å². The lowest BCUT2D eigenvalue weighted by Gasteiger charge is -2.18. The first kappa shape index (κ1) is 12.6. The van der Waals surface area contributed by atoms with Crippen LogP contribution in [0.4, 0.5) is 13.2 Å². The van der Waals surface area contributed by atoms with Crippen molar-refractivity contribution in [2.75, 3.05) is 0 Å². The summed E-state index contributed by atoms with van der Waals surface area (Å²) in [5, 5.41) is 0. The smallest absolute Gasteiger partial charge is 0.159 e. The van der Waals surface area contributed by atoms with Crippen molar-refractivity contribution >= 4 is 0 Å². The molecule has 0 unspecified atom stereocenters. The van der Waals surface area contributed by atoms with E-state index < -0.39 is 6.18 Å². The highest BCUT2D eigenvalue weighted by Crippen LogP contribution is 2.22. The van der Waals surface area contributed by atoms with Crippen LogP contribution in [0.3, 0.4) is 0 Å². The van der Waals surface area contributed by atoms with Crippen molar-refractivity contribution in [3.63, 3.8) is 0 Å². The molecule has 0 bridgehead atoms. The lowest BCUT2D eigenvalue weighted by Crippen LogP contribution is -2.10. The molecule has 0 fully saturated rings. The van der Waals surface area contributed by atoms with E-state index in [-0.39, 0.29) is 5.41 Å². The second-order valence-electron chi connectivity index (χ2n) is 4.58. The highest BCUT2D eigenvalue weighted by atomic mass is 19.4. The normalized spacial score (nSPS) is 11.9. The maximum absolute atomic E-state index is 11.8. The van der Waals surface area contributed by atoms with Crippen LogP contribution >= 0.6 is 0 Å². The summed E-state index contributed by atoms with van der Waals surface area (Å²) in [6.45, 7) is 6.14. The Morgan fingerprint density at radius 2 is 1.44 bits per heavy atom. The first-order valence-corrected chi connectivity index (χ1v) is 4.89. The van der Waals surface area contributed by atoms with Crippen LogP contribution in [0.25, 0.3) is 0 Å². The van der Waals surface area contributed by atoms with Gasteiger partial charge < -0.3 is 0 Å². The SMILES string of the molecule is CC(C)(C)c1ccc(C#CC(F)(F)F)cc1. The first-order valence-electron chi connectivity index (χ1n) is 4.89. The molecule has 0 spiro atoms. The lowest BCUT2D eigenvalue weighted by molar-refractivity contribution is -0.0696. The Hall–Kier alpha value is -1.43. The summed E-state index contributed by atoms with van der Waals surface area (Å²) in [5.74, 6) is 3.33. The van der Waals surface area contributed by atoms with E-state index in [0.29, 0.717) is 5.56 Å². The third-order valence-electron chi connectivity index (χ3n) is 2.10. The fraction of sp³-hybridized carbons (Fsp3) is 0.385. The number of hydrogen-bond donors (Lipinski definition) is 0. The average Bonchev–Trinajstić information content (AvgIpc) is 2.13. The molecule has 0 aliphatic heterocycles. The summed E-state index contributed by atoms with van der Waals surface area (Å²) in [7, 11) is 0. The third-order valence-corrected chi connectivity index (χ3v) is 2.10. The van der Waals surface area contributed by atoms with Gasteiger partial charge >= 0.3 is 6.18 Å². The summed E-state index contributed by atoms with van der Waals surface area (Å²) in [4.78, 5) is 0. The number of alkyl halides is 3. The van der Waals surface area contributed by atoms with Crippen LogP contribution < -0.4 is 0 Å². The van der Waals surface area contributed by atoms with Gasteiger partial charge in [0.05, 0.1) is 0 Å². The number of rotatable bonds is 0. The summed E-state index contributed by atoms with van der Waals surface area (Å²) in [6.07, 6.45) is -4.43. The number of hydrogen-bond acceptors (Lipinski definition) is 0. The van der Waals surface area contributed by atoms with Gasteiger partial charge in [-0.15, -0.1) is 0 Å². The molecule has 0 amide bonds. The molecule has 0 aliphatic carbocycles. The van der Waals surface area contributed by atoms with Crippen LogP contribution in [0.2, 0.25) is 0 Å². The maximum atomic E-state index is 11.8. The van der Waals surface area contributed by atoms with Crippen molar-refractivity contribution in [1.29, 1.82) is 0 Å². The molecule has 0 heterocycles. The molecule has 0 radical (unpaired) electrons. The van der Waals surface area contributed by atoms with E-state index in [1.54, 1.807) is 24.3 Å². The molecule has 0 nitrogen and oxygen atoms in total. The zero-order valence-corrected chi connectivity index (χ0v) is 9.44. The highest BCUT2D eigenvalue weighted by molar-refractivity contribution is 5.38. The van der Waals surface area contributed by atoms with Gasteiger partial charge in [-0.3, -0.25) is 0 Å². The fourth-order valence-electron chi connectivity index (χ4n) is 1.20. The van der Waals surface area contributed by atoms with E-state index in [0.717, 1.165) is 5.56 Å². The Morgan fingerprint density at radius 1 is 0.938 bits per heavy atom. The molecule has 0 aromatic heterocycles. The average molecular weight is 226 g/mol. The maximum Gasteiger partial charge on any atom is 0.458 e. The molecular formula is C13H13F3. The van der Waals surface area contributed by atoms with E-state index in [4.69, 9.17) is 0 Å². The quantitative estimate of drug-likeness (QED) is 0.588. The van der Waals surface area contributed by atoms with Crippen LogP contribution in [-0.4, -0.2) is 6.18 Å². The molecule has 16 heavy (non-hydrogen) atoms. The van der Waals surface area contributed by atoms with Crippen molar-refractivity contribution in [3.05, 3.63) is 35.4 Å². The van der Waals surface area contributed by atoms with Crippen LogP contribution in [0, 0.1) is 11.8 Å². The molecule has 86 valence electrons. The second kappa shape index (κ2) is 4.21. The predicted molar refractivity (Wildman–Crippen MR) is 58.1 cm³/mol. The second-order valence-corrected chi connectivity index (χ2v) is 4.58. The Balaban J connectivity index is 2.91. The molecule has 0 aliphatic rings. The van der Waals surface area contributed by atoms with Gasteiger partial charge in [0.15, 0.2) is 0 Å². The predicted octanol–water partition coefficient (Wildman–Crippen LogP) is 3.90. The molecule has 1 rings (SSSR count). The van der Waals surface area contributed by atoms with Crippen LogP contribution in [0.5, 0.6) is 0 Å². The van der Waals surface area contributed by atoms with Crippen molar-refractivity contribution in [2.24, 2.45) is 0 Å². The van der Waals surface area contributed by atoms with Gasteiger partial charge in [-0.25, -0.2) is 0 Å². The molecule has 0 saturated carbocycles. The Labute approximate surface area is 93.5 Å². The molecule has 3 heteroatoms. The monoisotopic (exact) mass is 226 g/mol. The van der Waals surface area contributed by atoms with Crippen molar-refractivity contribution in [2.45, 2.75) is 32.4 Å². The van der Waals surface area contributed by atoms with Crippen molar-refractivity contribution in [3.8, 4) is 11.8 Å². The van der Waals surface area contributed by atoms with Gasteiger partial charge in [-0.05, 0) is 23.1 Å². The summed E-state index contributed by atoms with van der Waals surface area (Å²) >= 11 is 0. The lowest BCUT2D eigenvalue weighted by atomic mass is 9.87. The van der Waals surface area contributed by atoms with Crippen LogP contribution in [-0.2, 0) is 5.41 Å². The van der Waals surface area contributed by atoms with E-state index in [1.807, 2.05) is 20.8 Å². The zero-order valence-electron chi connectivity index (χ0n) is 9.44. The van der Waals surface area contributed by atoms with Crippen LogP contribution in [0.1, 0.15) is 31.9 Å². The van der Waals surface area contributed by atoms with Crippen molar-refractivity contribution in [1.82, 2.24) is 0 Å². The van der Waals surface area contributed by atoms with E-state index >= 15 is 0 Å². The Kier molecular flexibility index (Phi) is 3.32. The minimum Gasteiger partial charge on any atom is -0.159 e. The fourth-order valence-corrected chi connectivity index (χ4v) is 1.20. The van der Waals surface area contributed by atoms with Gasteiger partial charge in [0.25, 0.3) is 0 Å². The first-order chi connectivity index (χ1) is 7.18. The molecule has 0 atom stereocenters. The topological polar surface area (TPSA) is 0 Å². The standard InChI is InChI=1S/C13H13F3/c1-12(2,3)11-6-4-10(5-7-11)8-9-13(14,15)16/h4-7H,1-3H3. The van der Waals surface area contributed by atoms with Gasteiger partial charge in [0.1, 0.15) is 0 Å². The zero-order chi connectivity index (χ0) is 12.4. The minimum atomic E-state index is -4.43. The van der Waals surface area contributed by atoms with E-state index in [9.17, 15) is 13.2 Å². The van der Waals surface area contributed by atoms with Crippen molar-refractivity contribution < 1.29 is 13.2 Å². The summed E-state index contributed by atoms with van der Waals surface area (Å²) in [5.41, 5.74) is 1.45.